The van der Waals surface area contributed by atoms with E-state index >= 15 is 0 Å². The molecule has 3 amide bonds. The number of amides is 3. The first-order valence-electron chi connectivity index (χ1n) is 11.4. The molecular weight excluding hydrogens is 473 g/mol. The molecule has 0 aliphatic rings. The monoisotopic (exact) mass is 497 g/mol. The molecule has 1 heterocycles. The van der Waals surface area contributed by atoms with Crippen LogP contribution in [0, 0.1) is 12.7 Å². The summed E-state index contributed by atoms with van der Waals surface area (Å²) in [7, 11) is 0. The van der Waals surface area contributed by atoms with Crippen LogP contribution in [0.2, 0.25) is 0 Å². The Hall–Kier alpha value is -4.92. The van der Waals surface area contributed by atoms with Crippen LogP contribution in [0.1, 0.15) is 34.6 Å². The molecule has 0 fully saturated rings. The standard InChI is InChI=1S/C28H24FN5O3/c1-18-5-3-4-6-24(18)26(27(36)33-22-9-7-20(29)8-10-22)34(28(37)25-17-30-15-16-31-25)23-13-11-21(12-14-23)32-19(2)35/h3-17,26H,1-2H3,(H,32,35)(H,33,36)/t26-/m1/s1. The quantitative estimate of drug-likeness (QED) is 0.378. The lowest BCUT2D eigenvalue weighted by molar-refractivity contribution is -0.117. The molecule has 9 heteroatoms. The maximum atomic E-state index is 13.9. The van der Waals surface area contributed by atoms with Gasteiger partial charge in [-0.05, 0) is 66.6 Å². The van der Waals surface area contributed by atoms with Crippen molar-refractivity contribution < 1.29 is 18.8 Å². The summed E-state index contributed by atoms with van der Waals surface area (Å²) in [5.74, 6) is -1.74. The third-order valence-corrected chi connectivity index (χ3v) is 5.57. The molecule has 37 heavy (non-hydrogen) atoms. The van der Waals surface area contributed by atoms with Gasteiger partial charge < -0.3 is 10.6 Å². The van der Waals surface area contributed by atoms with E-state index in [4.69, 9.17) is 0 Å². The van der Waals surface area contributed by atoms with Crippen LogP contribution < -0.4 is 15.5 Å². The second kappa shape index (κ2) is 11.2. The van der Waals surface area contributed by atoms with Crippen LogP contribution in [0.25, 0.3) is 0 Å². The van der Waals surface area contributed by atoms with Gasteiger partial charge in [-0.2, -0.15) is 0 Å². The van der Waals surface area contributed by atoms with E-state index in [9.17, 15) is 18.8 Å². The molecule has 4 aromatic rings. The first kappa shape index (κ1) is 25.2. The number of aryl methyl sites for hydroxylation is 1. The minimum Gasteiger partial charge on any atom is -0.326 e. The van der Waals surface area contributed by atoms with Crippen LogP contribution in [0.5, 0.6) is 0 Å². The smallest absolute Gasteiger partial charge is 0.279 e. The van der Waals surface area contributed by atoms with Gasteiger partial charge in [0.1, 0.15) is 17.6 Å². The number of benzene rings is 3. The Bertz CT molecular complexity index is 1410. The Morgan fingerprint density at radius 1 is 0.865 bits per heavy atom. The predicted molar refractivity (Wildman–Crippen MR) is 139 cm³/mol. The van der Waals surface area contributed by atoms with E-state index in [-0.39, 0.29) is 11.6 Å². The normalized spacial score (nSPS) is 11.3. The molecule has 0 radical (unpaired) electrons. The van der Waals surface area contributed by atoms with Crippen molar-refractivity contribution >= 4 is 34.8 Å². The van der Waals surface area contributed by atoms with Gasteiger partial charge in [-0.25, -0.2) is 9.37 Å². The molecule has 0 spiro atoms. The van der Waals surface area contributed by atoms with Crippen LogP contribution in [0.4, 0.5) is 21.5 Å². The highest BCUT2D eigenvalue weighted by molar-refractivity contribution is 6.11. The molecule has 0 saturated carbocycles. The minimum atomic E-state index is -1.12. The van der Waals surface area contributed by atoms with E-state index in [1.807, 2.05) is 19.1 Å². The van der Waals surface area contributed by atoms with E-state index in [1.165, 1.54) is 54.7 Å². The molecular formula is C28H24FN5O3. The summed E-state index contributed by atoms with van der Waals surface area (Å²) in [6.45, 7) is 3.24. The van der Waals surface area contributed by atoms with Crippen molar-refractivity contribution in [2.45, 2.75) is 19.9 Å². The molecule has 0 unspecified atom stereocenters. The van der Waals surface area contributed by atoms with Gasteiger partial charge in [-0.3, -0.25) is 24.3 Å². The lowest BCUT2D eigenvalue weighted by atomic mass is 9.97. The third kappa shape index (κ3) is 6.02. The number of carbonyl (C=O) groups is 3. The highest BCUT2D eigenvalue weighted by atomic mass is 19.1. The number of halogens is 1. The van der Waals surface area contributed by atoms with Gasteiger partial charge in [0.2, 0.25) is 5.91 Å². The number of rotatable bonds is 7. The average molecular weight is 498 g/mol. The largest absolute Gasteiger partial charge is 0.326 e. The van der Waals surface area contributed by atoms with Gasteiger partial charge in [0, 0.05) is 36.4 Å². The first-order valence-corrected chi connectivity index (χ1v) is 11.4. The highest BCUT2D eigenvalue weighted by Crippen LogP contribution is 2.32. The fourth-order valence-corrected chi connectivity index (χ4v) is 3.86. The zero-order valence-electron chi connectivity index (χ0n) is 20.2. The third-order valence-electron chi connectivity index (χ3n) is 5.57. The van der Waals surface area contributed by atoms with Gasteiger partial charge in [0.15, 0.2) is 0 Å². The van der Waals surface area contributed by atoms with E-state index in [0.29, 0.717) is 22.6 Å². The topological polar surface area (TPSA) is 104 Å². The first-order chi connectivity index (χ1) is 17.8. The summed E-state index contributed by atoms with van der Waals surface area (Å²) in [4.78, 5) is 48.6. The Morgan fingerprint density at radius 2 is 1.51 bits per heavy atom. The van der Waals surface area contributed by atoms with Crippen molar-refractivity contribution in [3.05, 3.63) is 114 Å². The van der Waals surface area contributed by atoms with Crippen molar-refractivity contribution in [2.75, 3.05) is 15.5 Å². The number of anilines is 3. The van der Waals surface area contributed by atoms with Gasteiger partial charge in [0.25, 0.3) is 11.8 Å². The van der Waals surface area contributed by atoms with Crippen molar-refractivity contribution in [2.24, 2.45) is 0 Å². The Balaban J connectivity index is 1.84. The number of carbonyl (C=O) groups excluding carboxylic acids is 3. The van der Waals surface area contributed by atoms with Crippen LogP contribution in [0.3, 0.4) is 0 Å². The van der Waals surface area contributed by atoms with Gasteiger partial charge in [-0.1, -0.05) is 24.3 Å². The predicted octanol–water partition coefficient (Wildman–Crippen LogP) is 4.91. The molecule has 0 aliphatic heterocycles. The summed E-state index contributed by atoms with van der Waals surface area (Å²) in [6.07, 6.45) is 4.17. The summed E-state index contributed by atoms with van der Waals surface area (Å²) >= 11 is 0. The van der Waals surface area contributed by atoms with Crippen LogP contribution in [-0.4, -0.2) is 27.7 Å². The molecule has 3 aromatic carbocycles. The molecule has 0 bridgehead atoms. The summed E-state index contributed by atoms with van der Waals surface area (Å²) < 4.78 is 13.5. The maximum absolute atomic E-state index is 13.9. The van der Waals surface area contributed by atoms with Crippen LogP contribution >= 0.6 is 0 Å². The Morgan fingerprint density at radius 3 is 2.14 bits per heavy atom. The van der Waals surface area contributed by atoms with Crippen LogP contribution in [0.15, 0.2) is 91.4 Å². The van der Waals surface area contributed by atoms with Gasteiger partial charge in [-0.15, -0.1) is 0 Å². The SMILES string of the molecule is CC(=O)Nc1ccc(N(C(=O)c2cnccn2)[C@@H](C(=O)Nc2ccc(F)cc2)c2ccccc2C)cc1. The lowest BCUT2D eigenvalue weighted by Crippen LogP contribution is -2.42. The second-order valence-corrected chi connectivity index (χ2v) is 8.25. The molecule has 4 rings (SSSR count). The molecule has 1 atom stereocenters. The summed E-state index contributed by atoms with van der Waals surface area (Å²) in [6, 6.07) is 18.0. The minimum absolute atomic E-state index is 0.0432. The zero-order chi connectivity index (χ0) is 26.4. The number of aromatic nitrogens is 2. The van der Waals surface area contributed by atoms with Crippen LogP contribution in [-0.2, 0) is 9.59 Å². The van der Waals surface area contributed by atoms with E-state index in [2.05, 4.69) is 20.6 Å². The molecule has 186 valence electrons. The molecule has 2 N–H and O–H groups in total. The maximum Gasteiger partial charge on any atom is 0.279 e. The van der Waals surface area contributed by atoms with Crippen molar-refractivity contribution in [1.29, 1.82) is 0 Å². The van der Waals surface area contributed by atoms with Crippen molar-refractivity contribution in [3.63, 3.8) is 0 Å². The highest BCUT2D eigenvalue weighted by Gasteiger charge is 2.35. The Labute approximate surface area is 213 Å². The number of hydrogen-bond donors (Lipinski definition) is 2. The number of nitrogens with one attached hydrogen (secondary N) is 2. The fourth-order valence-electron chi connectivity index (χ4n) is 3.86. The fraction of sp³-hybridized carbons (Fsp3) is 0.107. The van der Waals surface area contributed by atoms with Crippen molar-refractivity contribution in [1.82, 2.24) is 9.97 Å². The summed E-state index contributed by atoms with van der Waals surface area (Å²) in [5.41, 5.74) is 2.72. The number of hydrogen-bond acceptors (Lipinski definition) is 5. The van der Waals surface area contributed by atoms with E-state index < -0.39 is 23.7 Å². The molecule has 0 aliphatic carbocycles. The number of nitrogens with zero attached hydrogens (tertiary/aromatic N) is 3. The van der Waals surface area contributed by atoms with Crippen molar-refractivity contribution in [3.8, 4) is 0 Å². The Kier molecular flexibility index (Phi) is 7.63. The second-order valence-electron chi connectivity index (χ2n) is 8.25. The zero-order valence-corrected chi connectivity index (χ0v) is 20.2. The summed E-state index contributed by atoms with van der Waals surface area (Å²) in [5, 5.41) is 5.48. The van der Waals surface area contributed by atoms with E-state index in [1.54, 1.807) is 36.4 Å². The molecule has 1 aromatic heterocycles. The average Bonchev–Trinajstić information content (AvgIpc) is 2.89. The van der Waals surface area contributed by atoms with Gasteiger partial charge >= 0.3 is 0 Å². The van der Waals surface area contributed by atoms with E-state index in [0.717, 1.165) is 5.56 Å². The lowest BCUT2D eigenvalue weighted by Gasteiger charge is -2.32. The molecule has 0 saturated heterocycles. The molecule has 8 nitrogen and oxygen atoms in total. The van der Waals surface area contributed by atoms with Gasteiger partial charge in [0.05, 0.1) is 6.20 Å².